The number of para-hydroxylation sites is 2. The van der Waals surface area contributed by atoms with E-state index >= 15 is 0 Å². The van der Waals surface area contributed by atoms with E-state index in [-0.39, 0.29) is 30.4 Å². The molecule has 0 radical (unpaired) electrons. The van der Waals surface area contributed by atoms with Crippen molar-refractivity contribution in [2.24, 2.45) is 4.99 Å². The van der Waals surface area contributed by atoms with Gasteiger partial charge in [0.1, 0.15) is 5.82 Å². The second-order valence-corrected chi connectivity index (χ2v) is 9.66. The van der Waals surface area contributed by atoms with Gasteiger partial charge in [0, 0.05) is 18.2 Å². The number of nitrogens with zero attached hydrogens (tertiary/aromatic N) is 3. The van der Waals surface area contributed by atoms with Gasteiger partial charge in [0.05, 0.1) is 34.3 Å². The van der Waals surface area contributed by atoms with Crippen LogP contribution < -0.4 is 5.46 Å². The smallest absolute Gasteiger partial charge is 0.399 e. The van der Waals surface area contributed by atoms with Crippen LogP contribution in [-0.2, 0) is 9.31 Å². The van der Waals surface area contributed by atoms with Crippen LogP contribution in [0.1, 0.15) is 51.8 Å². The van der Waals surface area contributed by atoms with E-state index in [1.54, 1.807) is 0 Å². The van der Waals surface area contributed by atoms with Gasteiger partial charge < -0.3 is 13.9 Å². The standard InChI is InChI=1S/C25H26BN3O2/c1-24(2)25(3,4)31-26(30-24)16-12-13-17-18(15-16)22-21(11-7-8-14-27-22)29-20-10-6-5-9-19(20)28-23(17)29/h5-7,9-15,21-22H,8H2,1-4H3/t21-,22+/m0/s1. The first-order valence-corrected chi connectivity index (χ1v) is 11.0. The fourth-order valence-electron chi connectivity index (χ4n) is 4.83. The Kier molecular flexibility index (Phi) is 3.93. The van der Waals surface area contributed by atoms with E-state index in [0.717, 1.165) is 34.3 Å². The summed E-state index contributed by atoms with van der Waals surface area (Å²) in [7, 11) is -0.389. The molecule has 1 aromatic heterocycles. The van der Waals surface area contributed by atoms with Crippen molar-refractivity contribution in [2.75, 3.05) is 0 Å². The van der Waals surface area contributed by atoms with E-state index in [2.05, 4.69) is 80.8 Å². The van der Waals surface area contributed by atoms with Crippen molar-refractivity contribution in [2.45, 2.75) is 57.4 Å². The second kappa shape index (κ2) is 6.41. The van der Waals surface area contributed by atoms with Crippen molar-refractivity contribution in [3.63, 3.8) is 0 Å². The summed E-state index contributed by atoms with van der Waals surface area (Å²) in [5.74, 6) is 1.000. The van der Waals surface area contributed by atoms with E-state index in [9.17, 15) is 0 Å². The molecular formula is C25H26BN3O2. The first kappa shape index (κ1) is 19.0. The van der Waals surface area contributed by atoms with Crippen molar-refractivity contribution < 1.29 is 9.31 Å². The number of aromatic nitrogens is 2. The monoisotopic (exact) mass is 411 g/mol. The summed E-state index contributed by atoms with van der Waals surface area (Å²) < 4.78 is 15.0. The van der Waals surface area contributed by atoms with Crippen LogP contribution in [0.15, 0.2) is 59.6 Å². The topological polar surface area (TPSA) is 48.6 Å². The third kappa shape index (κ3) is 2.71. The first-order chi connectivity index (χ1) is 14.9. The summed E-state index contributed by atoms with van der Waals surface area (Å²) >= 11 is 0. The van der Waals surface area contributed by atoms with Gasteiger partial charge in [-0.1, -0.05) is 42.5 Å². The molecule has 3 aliphatic rings. The molecule has 2 atom stereocenters. The van der Waals surface area contributed by atoms with Crippen LogP contribution in [0, 0.1) is 0 Å². The summed E-state index contributed by atoms with van der Waals surface area (Å²) in [6, 6.07) is 14.9. The zero-order valence-corrected chi connectivity index (χ0v) is 18.4. The summed E-state index contributed by atoms with van der Waals surface area (Å²) in [4.78, 5) is 9.98. The molecule has 0 aliphatic carbocycles. The molecule has 0 saturated carbocycles. The number of hydrogen-bond acceptors (Lipinski definition) is 4. The maximum absolute atomic E-state index is 6.32. The Balaban J connectivity index is 1.54. The van der Waals surface area contributed by atoms with Crippen molar-refractivity contribution in [3.8, 4) is 11.4 Å². The van der Waals surface area contributed by atoms with E-state index in [0.29, 0.717) is 0 Å². The average molecular weight is 411 g/mol. The molecule has 3 aliphatic heterocycles. The lowest BCUT2D eigenvalue weighted by Gasteiger charge is -2.32. The third-order valence-electron chi connectivity index (χ3n) is 7.22. The van der Waals surface area contributed by atoms with Gasteiger partial charge in [-0.2, -0.15) is 0 Å². The normalized spacial score (nSPS) is 25.2. The highest BCUT2D eigenvalue weighted by atomic mass is 16.7. The molecule has 0 N–H and O–H groups in total. The molecule has 156 valence electrons. The highest BCUT2D eigenvalue weighted by molar-refractivity contribution is 6.62. The molecule has 1 saturated heterocycles. The first-order valence-electron chi connectivity index (χ1n) is 11.0. The number of fused-ring (bicyclic) bond motifs is 8. The molecular weight excluding hydrogens is 385 g/mol. The fourth-order valence-corrected chi connectivity index (χ4v) is 4.83. The lowest BCUT2D eigenvalue weighted by molar-refractivity contribution is 0.00578. The van der Waals surface area contributed by atoms with Gasteiger partial charge in [-0.3, -0.25) is 4.99 Å². The highest BCUT2D eigenvalue weighted by Gasteiger charge is 2.52. The summed E-state index contributed by atoms with van der Waals surface area (Å²) in [6.07, 6.45) is 7.35. The van der Waals surface area contributed by atoms with Gasteiger partial charge in [-0.05, 0) is 50.9 Å². The Morgan fingerprint density at radius 2 is 1.81 bits per heavy atom. The van der Waals surface area contributed by atoms with Crippen LogP contribution in [0.3, 0.4) is 0 Å². The van der Waals surface area contributed by atoms with Gasteiger partial charge in [0.2, 0.25) is 0 Å². The molecule has 1 fully saturated rings. The number of aliphatic imine (C=N–C) groups is 1. The number of benzene rings is 2. The second-order valence-electron chi connectivity index (χ2n) is 9.66. The van der Waals surface area contributed by atoms with Crippen LogP contribution in [0.25, 0.3) is 22.4 Å². The maximum atomic E-state index is 6.32. The summed E-state index contributed by atoms with van der Waals surface area (Å²) in [6.45, 7) is 8.35. The summed E-state index contributed by atoms with van der Waals surface area (Å²) in [5, 5.41) is 0. The Morgan fingerprint density at radius 1 is 1.03 bits per heavy atom. The van der Waals surface area contributed by atoms with E-state index in [1.807, 2.05) is 12.3 Å². The van der Waals surface area contributed by atoms with Crippen LogP contribution in [0.4, 0.5) is 0 Å². The van der Waals surface area contributed by atoms with Crippen LogP contribution in [0.2, 0.25) is 0 Å². The minimum atomic E-state index is -0.389. The Hall–Kier alpha value is -2.70. The number of rotatable bonds is 1. The molecule has 4 heterocycles. The Morgan fingerprint density at radius 3 is 2.61 bits per heavy atom. The minimum absolute atomic E-state index is 0.00114. The number of allylic oxidation sites excluding steroid dienone is 1. The molecule has 2 aromatic carbocycles. The van der Waals surface area contributed by atoms with E-state index in [4.69, 9.17) is 19.3 Å². The molecule has 6 heteroatoms. The van der Waals surface area contributed by atoms with Gasteiger partial charge in [0.25, 0.3) is 0 Å². The highest BCUT2D eigenvalue weighted by Crippen LogP contribution is 2.46. The van der Waals surface area contributed by atoms with Crippen molar-refractivity contribution in [3.05, 3.63) is 60.2 Å². The predicted molar refractivity (Wildman–Crippen MR) is 125 cm³/mol. The lowest BCUT2D eigenvalue weighted by Crippen LogP contribution is -2.41. The van der Waals surface area contributed by atoms with Crippen molar-refractivity contribution in [1.82, 2.24) is 9.55 Å². The molecule has 6 rings (SSSR count). The minimum Gasteiger partial charge on any atom is -0.399 e. The zero-order valence-electron chi connectivity index (χ0n) is 18.4. The Labute approximate surface area is 182 Å². The SMILES string of the molecule is CC1(C)OB(c2ccc3c(c2)[C@H]2N=CCC=C[C@@H]2n2c-3nc3ccccc32)OC1(C)C. The van der Waals surface area contributed by atoms with E-state index < -0.39 is 0 Å². The van der Waals surface area contributed by atoms with Gasteiger partial charge in [0.15, 0.2) is 0 Å². The van der Waals surface area contributed by atoms with Crippen LogP contribution in [-0.4, -0.2) is 34.1 Å². The van der Waals surface area contributed by atoms with Crippen LogP contribution in [0.5, 0.6) is 0 Å². The average Bonchev–Trinajstić information content (AvgIpc) is 3.09. The Bertz CT molecular complexity index is 1240. The molecule has 31 heavy (non-hydrogen) atoms. The largest absolute Gasteiger partial charge is 0.494 e. The number of imidazole rings is 1. The van der Waals surface area contributed by atoms with Gasteiger partial charge >= 0.3 is 7.12 Å². The van der Waals surface area contributed by atoms with Gasteiger partial charge in [-0.25, -0.2) is 4.98 Å². The summed E-state index contributed by atoms with van der Waals surface area (Å²) in [5.41, 5.74) is 4.77. The molecule has 5 nitrogen and oxygen atoms in total. The number of hydrogen-bond donors (Lipinski definition) is 0. The zero-order chi connectivity index (χ0) is 21.4. The van der Waals surface area contributed by atoms with E-state index in [1.165, 1.54) is 5.56 Å². The molecule has 3 aromatic rings. The predicted octanol–water partition coefficient (Wildman–Crippen LogP) is 4.63. The van der Waals surface area contributed by atoms with Crippen molar-refractivity contribution >= 4 is 29.8 Å². The van der Waals surface area contributed by atoms with Crippen molar-refractivity contribution in [1.29, 1.82) is 0 Å². The molecule has 0 amide bonds. The quantitative estimate of drug-likeness (QED) is 0.434. The molecule has 0 unspecified atom stereocenters. The lowest BCUT2D eigenvalue weighted by atomic mass is 9.76. The third-order valence-corrected chi connectivity index (χ3v) is 7.22. The fraction of sp³-hybridized carbons (Fsp3) is 0.360. The molecule has 0 bridgehead atoms. The molecule has 0 spiro atoms. The van der Waals surface area contributed by atoms with Gasteiger partial charge in [-0.15, -0.1) is 0 Å². The van der Waals surface area contributed by atoms with Crippen LogP contribution >= 0.6 is 0 Å². The maximum Gasteiger partial charge on any atom is 0.494 e.